The van der Waals surface area contributed by atoms with Crippen LogP contribution in [0.2, 0.25) is 0 Å². The standard InChI is InChI=1S/C29H26BrN9O3S/c1-5-38-24-25(36(2)29(41)37(3)26(24)40)33-28(38)39-15-19(23(35-39)18-8-12-21(42-4)13-9-18)14-31-34-27-32-22(16-43-27)17-6-10-20(30)11-7-17/h6-16H,5H2,1-4H3,(H,32,34)/b31-14+. The number of halogens is 1. The highest BCUT2D eigenvalue weighted by Gasteiger charge is 2.21. The van der Waals surface area contributed by atoms with Gasteiger partial charge in [-0.25, -0.2) is 9.48 Å². The van der Waals surface area contributed by atoms with E-state index >= 15 is 0 Å². The molecule has 0 radical (unpaired) electrons. The Kier molecular flexibility index (Phi) is 7.54. The lowest BCUT2D eigenvalue weighted by Gasteiger charge is -2.06. The van der Waals surface area contributed by atoms with Crippen molar-refractivity contribution in [1.29, 1.82) is 0 Å². The minimum absolute atomic E-state index is 0.284. The second-order valence-electron chi connectivity index (χ2n) is 9.57. The Balaban J connectivity index is 1.45. The number of aryl methyl sites for hydroxylation is 2. The minimum Gasteiger partial charge on any atom is -0.497 e. The number of aromatic amines is 1. The van der Waals surface area contributed by atoms with Gasteiger partial charge in [-0.1, -0.05) is 28.1 Å². The van der Waals surface area contributed by atoms with Crippen LogP contribution in [-0.4, -0.2) is 46.8 Å². The summed E-state index contributed by atoms with van der Waals surface area (Å²) in [4.78, 5) is 34.3. The van der Waals surface area contributed by atoms with Crippen molar-refractivity contribution in [1.82, 2.24) is 33.4 Å². The van der Waals surface area contributed by atoms with E-state index in [0.29, 0.717) is 39.8 Å². The maximum Gasteiger partial charge on any atom is 0.332 e. The molecule has 218 valence electrons. The summed E-state index contributed by atoms with van der Waals surface area (Å²) >= 11 is 4.91. The summed E-state index contributed by atoms with van der Waals surface area (Å²) in [5, 5.41) is 15.6. The third-order valence-electron chi connectivity index (χ3n) is 6.99. The number of hydrogen-bond acceptors (Lipinski definition) is 8. The Labute approximate surface area is 257 Å². The Morgan fingerprint density at radius 2 is 1.77 bits per heavy atom. The number of rotatable bonds is 7. The predicted molar refractivity (Wildman–Crippen MR) is 170 cm³/mol. The normalized spacial score (nSPS) is 12.2. The monoisotopic (exact) mass is 659 g/mol. The van der Waals surface area contributed by atoms with Crippen LogP contribution in [0.15, 0.2) is 84.4 Å². The molecule has 6 rings (SSSR count). The summed E-state index contributed by atoms with van der Waals surface area (Å²) in [7, 11) is 4.66. The molecule has 0 bridgehead atoms. The molecular formula is C29H26BrN9O3S. The van der Waals surface area contributed by atoms with Crippen molar-refractivity contribution in [2.75, 3.05) is 7.11 Å². The van der Waals surface area contributed by atoms with E-state index in [4.69, 9.17) is 9.84 Å². The second-order valence-corrected chi connectivity index (χ2v) is 11.3. The SMILES string of the molecule is CCn1c(-n2cc(/C=N/N=c3\[nH]c(-c4ccc(Br)cc4)cs3)c(-c3ccc(OC)cc3)n2)nc2c1c(=O)n(C)c(=O)n2C. The summed E-state index contributed by atoms with van der Waals surface area (Å²) in [5.41, 5.74) is 3.85. The van der Waals surface area contributed by atoms with Crippen molar-refractivity contribution < 1.29 is 4.74 Å². The van der Waals surface area contributed by atoms with Crippen LogP contribution in [0.1, 0.15) is 12.5 Å². The number of aromatic nitrogens is 7. The molecule has 0 aliphatic rings. The highest BCUT2D eigenvalue weighted by atomic mass is 79.9. The van der Waals surface area contributed by atoms with E-state index < -0.39 is 11.2 Å². The third-order valence-corrected chi connectivity index (χ3v) is 8.27. The number of fused-ring (bicyclic) bond motifs is 1. The smallest absolute Gasteiger partial charge is 0.332 e. The van der Waals surface area contributed by atoms with Crippen LogP contribution in [-0.2, 0) is 20.6 Å². The van der Waals surface area contributed by atoms with Gasteiger partial charge in [0.1, 0.15) is 11.4 Å². The van der Waals surface area contributed by atoms with E-state index in [1.165, 1.54) is 23.0 Å². The van der Waals surface area contributed by atoms with Crippen LogP contribution in [0.3, 0.4) is 0 Å². The van der Waals surface area contributed by atoms with Gasteiger partial charge in [0.05, 0.1) is 19.0 Å². The molecular weight excluding hydrogens is 634 g/mol. The molecule has 0 saturated heterocycles. The maximum atomic E-state index is 13.1. The molecule has 0 aliphatic heterocycles. The van der Waals surface area contributed by atoms with Gasteiger partial charge < -0.3 is 14.3 Å². The predicted octanol–water partition coefficient (Wildman–Crippen LogP) is 4.07. The fraction of sp³-hybridized carbons (Fsp3) is 0.172. The minimum atomic E-state index is -0.452. The highest BCUT2D eigenvalue weighted by Crippen LogP contribution is 2.26. The molecule has 0 spiro atoms. The molecule has 0 saturated carbocycles. The van der Waals surface area contributed by atoms with Gasteiger partial charge in [-0.05, 0) is 48.9 Å². The van der Waals surface area contributed by atoms with Gasteiger partial charge >= 0.3 is 5.69 Å². The van der Waals surface area contributed by atoms with Crippen LogP contribution in [0.25, 0.3) is 39.6 Å². The number of thiazole rings is 1. The van der Waals surface area contributed by atoms with Crippen molar-refractivity contribution in [2.24, 2.45) is 24.3 Å². The lowest BCUT2D eigenvalue weighted by molar-refractivity contribution is 0.415. The molecule has 0 atom stereocenters. The summed E-state index contributed by atoms with van der Waals surface area (Å²) < 4.78 is 12.1. The first-order chi connectivity index (χ1) is 20.8. The number of methoxy groups -OCH3 is 1. The molecule has 1 N–H and O–H groups in total. The molecule has 2 aromatic carbocycles. The van der Waals surface area contributed by atoms with E-state index in [0.717, 1.165) is 25.9 Å². The number of benzene rings is 2. The second kappa shape index (κ2) is 11.5. The Hall–Kier alpha value is -4.82. The zero-order chi connectivity index (χ0) is 30.2. The van der Waals surface area contributed by atoms with E-state index in [2.05, 4.69) is 36.1 Å². The van der Waals surface area contributed by atoms with Crippen molar-refractivity contribution in [2.45, 2.75) is 13.5 Å². The van der Waals surface area contributed by atoms with Crippen LogP contribution in [0.5, 0.6) is 5.75 Å². The van der Waals surface area contributed by atoms with Crippen molar-refractivity contribution >= 4 is 44.6 Å². The first kappa shape index (κ1) is 28.3. The molecule has 14 heteroatoms. The molecule has 0 amide bonds. The summed E-state index contributed by atoms with van der Waals surface area (Å²) in [6.07, 6.45) is 3.41. The molecule has 0 aliphatic carbocycles. The highest BCUT2D eigenvalue weighted by molar-refractivity contribution is 9.10. The molecule has 12 nitrogen and oxygen atoms in total. The van der Waals surface area contributed by atoms with E-state index in [1.807, 2.05) is 60.8 Å². The van der Waals surface area contributed by atoms with Crippen molar-refractivity contribution in [3.8, 4) is 34.2 Å². The number of hydrogen-bond donors (Lipinski definition) is 1. The zero-order valence-electron chi connectivity index (χ0n) is 23.6. The first-order valence-electron chi connectivity index (χ1n) is 13.2. The fourth-order valence-corrected chi connectivity index (χ4v) is 5.67. The maximum absolute atomic E-state index is 13.1. The van der Waals surface area contributed by atoms with Crippen LogP contribution < -0.4 is 20.8 Å². The molecule has 4 aromatic heterocycles. The van der Waals surface area contributed by atoms with E-state index in [1.54, 1.807) is 35.8 Å². The number of imidazole rings is 1. The number of ether oxygens (including phenoxy) is 1. The third kappa shape index (κ3) is 5.19. The van der Waals surface area contributed by atoms with Gasteiger partial charge in [0.25, 0.3) is 5.56 Å². The Morgan fingerprint density at radius 3 is 2.47 bits per heavy atom. The molecule has 6 aromatic rings. The van der Waals surface area contributed by atoms with Gasteiger partial charge in [0.2, 0.25) is 10.7 Å². The molecule has 4 heterocycles. The largest absolute Gasteiger partial charge is 0.497 e. The topological polar surface area (TPSA) is 129 Å². The average Bonchev–Trinajstić information content (AvgIpc) is 3.77. The van der Waals surface area contributed by atoms with Gasteiger partial charge in [-0.15, -0.1) is 16.4 Å². The average molecular weight is 661 g/mol. The number of nitrogens with one attached hydrogen (secondary N) is 1. The van der Waals surface area contributed by atoms with Gasteiger partial charge in [-0.2, -0.15) is 15.2 Å². The molecule has 0 unspecified atom stereocenters. The van der Waals surface area contributed by atoms with E-state index in [9.17, 15) is 9.59 Å². The van der Waals surface area contributed by atoms with Gasteiger partial charge in [0.15, 0.2) is 11.2 Å². The molecule has 0 fully saturated rings. The zero-order valence-corrected chi connectivity index (χ0v) is 26.0. The van der Waals surface area contributed by atoms with Gasteiger partial charge in [0, 0.05) is 47.8 Å². The van der Waals surface area contributed by atoms with Crippen LogP contribution in [0, 0.1) is 0 Å². The van der Waals surface area contributed by atoms with Crippen LogP contribution >= 0.6 is 27.3 Å². The lowest BCUT2D eigenvalue weighted by atomic mass is 10.1. The van der Waals surface area contributed by atoms with Crippen molar-refractivity contribution in [3.63, 3.8) is 0 Å². The van der Waals surface area contributed by atoms with Crippen LogP contribution in [0.4, 0.5) is 0 Å². The lowest BCUT2D eigenvalue weighted by Crippen LogP contribution is -2.37. The number of H-pyrrole nitrogens is 1. The van der Waals surface area contributed by atoms with E-state index in [-0.39, 0.29) is 5.65 Å². The quantitative estimate of drug-likeness (QED) is 0.204. The van der Waals surface area contributed by atoms with Crippen molar-refractivity contribution in [3.05, 3.63) is 95.8 Å². The first-order valence-corrected chi connectivity index (χ1v) is 14.9. The Bertz CT molecular complexity index is 2180. The molecule has 43 heavy (non-hydrogen) atoms. The summed E-state index contributed by atoms with van der Waals surface area (Å²) in [5.74, 6) is 1.11. The summed E-state index contributed by atoms with van der Waals surface area (Å²) in [6, 6.07) is 15.5. The Morgan fingerprint density at radius 1 is 1.05 bits per heavy atom. The fourth-order valence-electron chi connectivity index (χ4n) is 4.72. The number of nitrogens with zero attached hydrogens (tertiary/aromatic N) is 8. The summed E-state index contributed by atoms with van der Waals surface area (Å²) in [6.45, 7) is 2.34. The van der Waals surface area contributed by atoms with Gasteiger partial charge in [-0.3, -0.25) is 13.9 Å².